The van der Waals surface area contributed by atoms with E-state index in [1.807, 2.05) is 0 Å². The summed E-state index contributed by atoms with van der Waals surface area (Å²) in [5, 5.41) is 6.77. The molecule has 0 aliphatic heterocycles. The van der Waals surface area contributed by atoms with Crippen molar-refractivity contribution in [2.45, 2.75) is 20.3 Å². The maximum absolute atomic E-state index is 11.6. The van der Waals surface area contributed by atoms with E-state index in [9.17, 15) is 9.59 Å². The van der Waals surface area contributed by atoms with E-state index in [4.69, 9.17) is 22.7 Å². The van der Waals surface area contributed by atoms with Gasteiger partial charge in [-0.25, -0.2) is 4.68 Å². The summed E-state index contributed by atoms with van der Waals surface area (Å²) in [5.41, 5.74) is 5.95. The second-order valence-electron chi connectivity index (χ2n) is 3.61. The monoisotopic (exact) mass is 284 g/mol. The maximum Gasteiger partial charge on any atom is 0.325 e. The van der Waals surface area contributed by atoms with Gasteiger partial charge in [-0.15, -0.1) is 5.10 Å². The Balaban J connectivity index is 2.68. The van der Waals surface area contributed by atoms with Gasteiger partial charge in [0.15, 0.2) is 16.7 Å². The lowest BCUT2D eigenvalue weighted by atomic mass is 10.2. The lowest BCUT2D eigenvalue weighted by Gasteiger charge is -2.06. The lowest BCUT2D eigenvalue weighted by molar-refractivity contribution is -0.141. The zero-order chi connectivity index (χ0) is 14.4. The molecule has 0 unspecified atom stereocenters. The van der Waals surface area contributed by atoms with Crippen LogP contribution in [-0.2, 0) is 9.53 Å². The van der Waals surface area contributed by atoms with Crippen LogP contribution in [0.3, 0.4) is 0 Å². The highest BCUT2D eigenvalue weighted by atomic mass is 32.1. The van der Waals surface area contributed by atoms with Crippen molar-refractivity contribution in [2.24, 2.45) is 0 Å². The van der Waals surface area contributed by atoms with Crippen molar-refractivity contribution in [1.82, 2.24) is 15.1 Å². The Hall–Kier alpha value is -1.96. The van der Waals surface area contributed by atoms with Crippen LogP contribution in [0.5, 0.6) is 0 Å². The molecule has 7 nitrogen and oxygen atoms in total. The second-order valence-corrected chi connectivity index (χ2v) is 4.00. The molecule has 104 valence electrons. The molecule has 0 spiro atoms. The molecule has 0 aliphatic carbocycles. The van der Waals surface area contributed by atoms with Crippen molar-refractivity contribution in [2.75, 3.05) is 18.9 Å². The number of carbonyl (C=O) groups excluding carboxylic acids is 2. The molecule has 0 atom stereocenters. The van der Waals surface area contributed by atoms with Gasteiger partial charge in [-0.05, 0) is 19.1 Å². The fourth-order valence-corrected chi connectivity index (χ4v) is 1.50. The van der Waals surface area contributed by atoms with Gasteiger partial charge in [0, 0.05) is 12.6 Å². The number of ketones is 1. The van der Waals surface area contributed by atoms with Gasteiger partial charge in [-0.3, -0.25) is 9.59 Å². The number of hydrogen-bond acceptors (Lipinski definition) is 6. The van der Waals surface area contributed by atoms with E-state index >= 15 is 0 Å². The number of rotatable bonds is 5. The summed E-state index contributed by atoms with van der Waals surface area (Å²) in [6, 6.07) is 0. The van der Waals surface area contributed by atoms with E-state index in [1.165, 1.54) is 10.9 Å². The van der Waals surface area contributed by atoms with Crippen LogP contribution in [0.25, 0.3) is 0 Å². The zero-order valence-electron chi connectivity index (χ0n) is 10.8. The van der Waals surface area contributed by atoms with Gasteiger partial charge in [0.25, 0.3) is 0 Å². The Morgan fingerprint density at radius 2 is 2.21 bits per heavy atom. The standard InChI is InChI=1S/C11H16N4O3S/c1-3-8(16)7-6-15(14-10(7)12)11(19)13-5-9(17)18-4-2/h6H,3-5H2,1-2H3,(H2,12,14)(H,13,19). The first kappa shape index (κ1) is 15.1. The van der Waals surface area contributed by atoms with Crippen LogP contribution in [0.4, 0.5) is 5.82 Å². The highest BCUT2D eigenvalue weighted by molar-refractivity contribution is 7.80. The number of hydrogen-bond donors (Lipinski definition) is 2. The minimum Gasteiger partial charge on any atom is -0.465 e. The molecule has 1 heterocycles. The van der Waals surface area contributed by atoms with E-state index in [2.05, 4.69) is 10.4 Å². The molecule has 0 saturated carbocycles. The van der Waals surface area contributed by atoms with Crippen LogP contribution in [0, 0.1) is 0 Å². The summed E-state index contributed by atoms with van der Waals surface area (Å²) in [5.74, 6) is -0.418. The van der Waals surface area contributed by atoms with Crippen molar-refractivity contribution in [1.29, 1.82) is 0 Å². The smallest absolute Gasteiger partial charge is 0.325 e. The van der Waals surface area contributed by atoms with Gasteiger partial charge in [-0.2, -0.15) is 0 Å². The number of thiocarbonyl (C=S) groups is 1. The third-order valence-corrected chi connectivity index (χ3v) is 2.59. The van der Waals surface area contributed by atoms with Gasteiger partial charge >= 0.3 is 5.97 Å². The molecular formula is C11H16N4O3S. The molecule has 0 aromatic carbocycles. The van der Waals surface area contributed by atoms with E-state index in [1.54, 1.807) is 13.8 Å². The fraction of sp³-hybridized carbons (Fsp3) is 0.455. The summed E-state index contributed by atoms with van der Waals surface area (Å²) in [4.78, 5) is 22.7. The molecule has 0 saturated heterocycles. The summed E-state index contributed by atoms with van der Waals surface area (Å²) < 4.78 is 6.00. The number of aromatic nitrogens is 2. The third-order valence-electron chi connectivity index (χ3n) is 2.26. The fourth-order valence-electron chi connectivity index (χ4n) is 1.34. The number of Topliss-reactive ketones (excluding diaryl/α,β-unsaturated/α-hetero) is 1. The van der Waals surface area contributed by atoms with Crippen LogP contribution in [-0.4, -0.2) is 39.8 Å². The number of nitrogen functional groups attached to an aromatic ring is 1. The van der Waals surface area contributed by atoms with Crippen LogP contribution in [0.15, 0.2) is 6.20 Å². The highest BCUT2D eigenvalue weighted by Crippen LogP contribution is 2.11. The summed E-state index contributed by atoms with van der Waals surface area (Å²) in [6.07, 6.45) is 1.78. The van der Waals surface area contributed by atoms with Gasteiger partial charge in [-0.1, -0.05) is 6.92 Å². The number of ether oxygens (including phenoxy) is 1. The average molecular weight is 284 g/mol. The molecule has 0 fully saturated rings. The SMILES string of the molecule is CCOC(=O)CNC(=S)n1cc(C(=O)CC)c(N)n1. The second kappa shape index (κ2) is 6.83. The third kappa shape index (κ3) is 4.02. The number of nitrogens with one attached hydrogen (secondary N) is 1. The molecule has 0 radical (unpaired) electrons. The van der Waals surface area contributed by atoms with E-state index in [0.717, 1.165) is 0 Å². The van der Waals surface area contributed by atoms with Crippen LogP contribution < -0.4 is 11.1 Å². The number of nitrogens with two attached hydrogens (primary N) is 1. The molecule has 0 bridgehead atoms. The molecule has 19 heavy (non-hydrogen) atoms. The van der Waals surface area contributed by atoms with Gasteiger partial charge < -0.3 is 15.8 Å². The first-order valence-electron chi connectivity index (χ1n) is 5.81. The Morgan fingerprint density at radius 3 is 2.79 bits per heavy atom. The summed E-state index contributed by atoms with van der Waals surface area (Å²) in [6.45, 7) is 3.68. The molecule has 1 aromatic rings. The van der Waals surface area contributed by atoms with Gasteiger partial charge in [0.2, 0.25) is 0 Å². The molecule has 8 heteroatoms. The van der Waals surface area contributed by atoms with Crippen molar-refractivity contribution >= 4 is 34.9 Å². The Kier molecular flexibility index (Phi) is 5.43. The van der Waals surface area contributed by atoms with E-state index < -0.39 is 5.97 Å². The van der Waals surface area contributed by atoms with Crippen LogP contribution >= 0.6 is 12.2 Å². The van der Waals surface area contributed by atoms with Crippen LogP contribution in [0.2, 0.25) is 0 Å². The van der Waals surface area contributed by atoms with E-state index in [0.29, 0.717) is 18.6 Å². The molecule has 1 rings (SSSR count). The predicted octanol–water partition coefficient (Wildman–Crippen LogP) is 0.344. The minimum atomic E-state index is -0.421. The first-order valence-corrected chi connectivity index (χ1v) is 6.22. The topological polar surface area (TPSA) is 99.2 Å². The normalized spacial score (nSPS) is 10.0. The Bertz CT molecular complexity index is 498. The molecule has 1 aromatic heterocycles. The minimum absolute atomic E-state index is 0.0660. The number of nitrogens with zero attached hydrogens (tertiary/aromatic N) is 2. The molecule has 3 N–H and O–H groups in total. The lowest BCUT2D eigenvalue weighted by Crippen LogP contribution is -2.34. The molecule has 0 amide bonds. The number of esters is 1. The highest BCUT2D eigenvalue weighted by Gasteiger charge is 2.14. The largest absolute Gasteiger partial charge is 0.465 e. The van der Waals surface area contributed by atoms with Crippen molar-refractivity contribution in [3.63, 3.8) is 0 Å². The number of carbonyl (C=O) groups is 2. The summed E-state index contributed by atoms with van der Waals surface area (Å²) >= 11 is 5.03. The van der Waals surface area contributed by atoms with Crippen molar-refractivity contribution in [3.05, 3.63) is 11.8 Å². The van der Waals surface area contributed by atoms with Gasteiger partial charge in [0.1, 0.15) is 6.54 Å². The van der Waals surface area contributed by atoms with Gasteiger partial charge in [0.05, 0.1) is 12.2 Å². The quantitative estimate of drug-likeness (QED) is 0.457. The average Bonchev–Trinajstić information content (AvgIpc) is 2.77. The van der Waals surface area contributed by atoms with E-state index in [-0.39, 0.29) is 23.3 Å². The number of anilines is 1. The van der Waals surface area contributed by atoms with Crippen molar-refractivity contribution in [3.8, 4) is 0 Å². The molecular weight excluding hydrogens is 268 g/mol. The zero-order valence-corrected chi connectivity index (χ0v) is 11.6. The summed E-state index contributed by atoms with van der Waals surface area (Å²) in [7, 11) is 0. The first-order chi connectivity index (χ1) is 8.99. The Labute approximate surface area is 116 Å². The molecule has 0 aliphatic rings. The van der Waals surface area contributed by atoms with Crippen molar-refractivity contribution < 1.29 is 14.3 Å². The maximum atomic E-state index is 11.6. The Morgan fingerprint density at radius 1 is 1.53 bits per heavy atom. The van der Waals surface area contributed by atoms with Crippen LogP contribution in [0.1, 0.15) is 30.6 Å². The predicted molar refractivity (Wildman–Crippen MR) is 73.9 cm³/mol.